The van der Waals surface area contributed by atoms with Crippen molar-refractivity contribution in [1.82, 2.24) is 0 Å². The Morgan fingerprint density at radius 1 is 1.35 bits per heavy atom. The minimum absolute atomic E-state index is 0.0859. The molecule has 0 bridgehead atoms. The molecule has 5 nitrogen and oxygen atoms in total. The van der Waals surface area contributed by atoms with Crippen molar-refractivity contribution in [3.63, 3.8) is 0 Å². The Hall–Kier alpha value is -1.66. The van der Waals surface area contributed by atoms with Crippen LogP contribution in [0, 0.1) is 11.7 Å². The summed E-state index contributed by atoms with van der Waals surface area (Å²) in [4.78, 5) is 11.2. The number of amides is 1. The van der Waals surface area contributed by atoms with Gasteiger partial charge >= 0.3 is 6.09 Å². The minimum Gasteiger partial charge on any atom is -0.412 e. The third-order valence-electron chi connectivity index (χ3n) is 2.64. The van der Waals surface area contributed by atoms with E-state index in [1.807, 2.05) is 13.8 Å². The Kier molecular flexibility index (Phi) is 5.91. The summed E-state index contributed by atoms with van der Waals surface area (Å²) in [5.74, 6) is -1.63. The zero-order valence-electron chi connectivity index (χ0n) is 11.9. The van der Waals surface area contributed by atoms with E-state index >= 15 is 0 Å². The number of hydrogen-bond acceptors (Lipinski definition) is 4. The smallest absolute Gasteiger partial charge is 0.407 e. The van der Waals surface area contributed by atoms with Gasteiger partial charge in [-0.3, -0.25) is 0 Å². The molecule has 0 saturated heterocycles. The quantitative estimate of drug-likeness (QED) is 0.782. The fourth-order valence-electron chi connectivity index (χ4n) is 1.95. The maximum atomic E-state index is 13.1. The van der Waals surface area contributed by atoms with Crippen molar-refractivity contribution in [1.29, 1.82) is 0 Å². The summed E-state index contributed by atoms with van der Waals surface area (Å²) in [5, 5.41) is 0. The Labute approximate surface area is 117 Å². The van der Waals surface area contributed by atoms with Crippen molar-refractivity contribution in [2.75, 3.05) is 13.9 Å². The number of halogens is 1. The van der Waals surface area contributed by atoms with Gasteiger partial charge in [0.15, 0.2) is 6.79 Å². The summed E-state index contributed by atoms with van der Waals surface area (Å²) in [5.41, 5.74) is 5.64. The van der Waals surface area contributed by atoms with Crippen molar-refractivity contribution in [2.45, 2.75) is 26.1 Å². The van der Waals surface area contributed by atoms with Crippen LogP contribution in [-0.4, -0.2) is 20.0 Å². The first-order chi connectivity index (χ1) is 9.39. The van der Waals surface area contributed by atoms with Crippen molar-refractivity contribution in [2.24, 2.45) is 11.7 Å². The number of ether oxygens (including phenoxy) is 3. The predicted octanol–water partition coefficient (Wildman–Crippen LogP) is 2.74. The van der Waals surface area contributed by atoms with E-state index in [0.717, 1.165) is 0 Å². The summed E-state index contributed by atoms with van der Waals surface area (Å²) in [6.07, 6.45) is -0.601. The lowest BCUT2D eigenvalue weighted by Crippen LogP contribution is -2.39. The fourth-order valence-corrected chi connectivity index (χ4v) is 1.95. The summed E-state index contributed by atoms with van der Waals surface area (Å²) in [7, 11) is 1.45. The average molecular weight is 285 g/mol. The molecule has 0 fully saturated rings. The Morgan fingerprint density at radius 2 is 1.95 bits per heavy atom. The van der Waals surface area contributed by atoms with Crippen LogP contribution >= 0.6 is 0 Å². The van der Waals surface area contributed by atoms with E-state index in [9.17, 15) is 9.18 Å². The van der Waals surface area contributed by atoms with E-state index in [-0.39, 0.29) is 12.7 Å². The molecular weight excluding hydrogens is 265 g/mol. The number of carbonyl (C=O) groups excluding carboxylic acids is 1. The van der Waals surface area contributed by atoms with Crippen LogP contribution in [-0.2, 0) is 20.0 Å². The monoisotopic (exact) mass is 285 g/mol. The zero-order valence-corrected chi connectivity index (χ0v) is 11.9. The second-order valence-electron chi connectivity index (χ2n) is 4.83. The molecule has 112 valence electrons. The van der Waals surface area contributed by atoms with Crippen LogP contribution in [0.3, 0.4) is 0 Å². The van der Waals surface area contributed by atoms with E-state index in [1.165, 1.54) is 31.4 Å². The molecule has 0 aromatic heterocycles. The number of carbonyl (C=O) groups is 1. The highest BCUT2D eigenvalue weighted by Crippen LogP contribution is 2.34. The number of benzene rings is 1. The van der Waals surface area contributed by atoms with Gasteiger partial charge in [-0.2, -0.15) is 0 Å². The van der Waals surface area contributed by atoms with Crippen molar-refractivity contribution < 1.29 is 23.4 Å². The molecule has 1 amide bonds. The van der Waals surface area contributed by atoms with Gasteiger partial charge in [-0.25, -0.2) is 9.18 Å². The lowest BCUT2D eigenvalue weighted by atomic mass is 9.95. The molecule has 20 heavy (non-hydrogen) atoms. The van der Waals surface area contributed by atoms with E-state index in [1.54, 1.807) is 0 Å². The zero-order chi connectivity index (χ0) is 15.2. The first-order valence-electron chi connectivity index (χ1n) is 6.27. The first kappa shape index (κ1) is 16.4. The molecular formula is C14H20FNO4. The molecule has 1 atom stereocenters. The molecule has 0 aliphatic rings. The summed E-state index contributed by atoms with van der Waals surface area (Å²) in [6.45, 7) is 3.80. The van der Waals surface area contributed by atoms with Crippen molar-refractivity contribution in [3.8, 4) is 0 Å². The standard InChI is InChI=1S/C14H20FNO4/c1-10(2)8-14(19-9-18-3,20-13(16)17)11-4-6-12(15)7-5-11/h4-7,10H,8-9H2,1-3H3,(H2,16,17)/t14-/m0/s1. The molecule has 1 aromatic rings. The van der Waals surface area contributed by atoms with Gasteiger partial charge in [0.05, 0.1) is 0 Å². The molecule has 0 radical (unpaired) electrons. The first-order valence-corrected chi connectivity index (χ1v) is 6.27. The number of hydrogen-bond donors (Lipinski definition) is 1. The van der Waals surface area contributed by atoms with E-state index in [0.29, 0.717) is 12.0 Å². The van der Waals surface area contributed by atoms with E-state index in [2.05, 4.69) is 0 Å². The molecule has 0 heterocycles. The van der Waals surface area contributed by atoms with Gasteiger partial charge in [-0.05, 0) is 30.2 Å². The SMILES string of the molecule is COCO[C@@](CC(C)C)(OC(N)=O)c1ccc(F)cc1. The van der Waals surface area contributed by atoms with Gasteiger partial charge in [0.1, 0.15) is 5.82 Å². The Balaban J connectivity index is 3.18. The molecule has 0 spiro atoms. The van der Waals surface area contributed by atoms with Gasteiger partial charge in [0.2, 0.25) is 5.79 Å². The van der Waals surface area contributed by atoms with Gasteiger partial charge in [0, 0.05) is 19.1 Å². The number of nitrogens with two attached hydrogens (primary N) is 1. The molecule has 1 rings (SSSR count). The highest BCUT2D eigenvalue weighted by atomic mass is 19.1. The second kappa shape index (κ2) is 7.21. The average Bonchev–Trinajstić information content (AvgIpc) is 2.35. The van der Waals surface area contributed by atoms with Crippen molar-refractivity contribution in [3.05, 3.63) is 35.6 Å². The largest absolute Gasteiger partial charge is 0.412 e. The molecule has 0 aliphatic heterocycles. The van der Waals surface area contributed by atoms with Gasteiger partial charge in [-0.1, -0.05) is 13.8 Å². The highest BCUT2D eigenvalue weighted by molar-refractivity contribution is 5.65. The van der Waals surface area contributed by atoms with Crippen LogP contribution in [0.25, 0.3) is 0 Å². The van der Waals surface area contributed by atoms with E-state index in [4.69, 9.17) is 19.9 Å². The molecule has 6 heteroatoms. The lowest BCUT2D eigenvalue weighted by molar-refractivity contribution is -0.255. The molecule has 0 aliphatic carbocycles. The Morgan fingerprint density at radius 3 is 2.40 bits per heavy atom. The summed E-state index contributed by atoms with van der Waals surface area (Å²) < 4.78 is 28.7. The minimum atomic E-state index is -1.39. The van der Waals surface area contributed by atoms with E-state index < -0.39 is 17.7 Å². The molecule has 0 unspecified atom stereocenters. The van der Waals surface area contributed by atoms with Crippen molar-refractivity contribution >= 4 is 6.09 Å². The molecule has 1 aromatic carbocycles. The third-order valence-corrected chi connectivity index (χ3v) is 2.64. The highest BCUT2D eigenvalue weighted by Gasteiger charge is 2.38. The fraction of sp³-hybridized carbons (Fsp3) is 0.500. The molecule has 0 saturated carbocycles. The third kappa shape index (κ3) is 4.47. The lowest BCUT2D eigenvalue weighted by Gasteiger charge is -2.34. The van der Waals surface area contributed by atoms with Crippen LogP contribution in [0.5, 0.6) is 0 Å². The number of primary amides is 1. The normalized spacial score (nSPS) is 14.1. The van der Waals surface area contributed by atoms with Crippen LogP contribution in [0.4, 0.5) is 9.18 Å². The van der Waals surface area contributed by atoms with Crippen LogP contribution in [0.2, 0.25) is 0 Å². The van der Waals surface area contributed by atoms with Gasteiger partial charge < -0.3 is 19.9 Å². The topological polar surface area (TPSA) is 70.8 Å². The predicted molar refractivity (Wildman–Crippen MR) is 71.2 cm³/mol. The maximum Gasteiger partial charge on any atom is 0.407 e. The van der Waals surface area contributed by atoms with Crippen LogP contribution < -0.4 is 5.73 Å². The van der Waals surface area contributed by atoms with Crippen LogP contribution in [0.15, 0.2) is 24.3 Å². The van der Waals surface area contributed by atoms with Gasteiger partial charge in [-0.15, -0.1) is 0 Å². The molecule has 2 N–H and O–H groups in total. The summed E-state index contributed by atoms with van der Waals surface area (Å²) in [6, 6.07) is 5.53. The summed E-state index contributed by atoms with van der Waals surface area (Å²) >= 11 is 0. The second-order valence-corrected chi connectivity index (χ2v) is 4.83. The maximum absolute atomic E-state index is 13.1. The number of rotatable bonds is 7. The van der Waals surface area contributed by atoms with Crippen LogP contribution in [0.1, 0.15) is 25.8 Å². The van der Waals surface area contributed by atoms with Gasteiger partial charge in [0.25, 0.3) is 0 Å². The Bertz CT molecular complexity index is 435. The number of methoxy groups -OCH3 is 1.